The van der Waals surface area contributed by atoms with Gasteiger partial charge in [0.25, 0.3) is 6.43 Å². The molecule has 5 nitrogen and oxygen atoms in total. The van der Waals surface area contributed by atoms with Crippen LogP contribution in [0.3, 0.4) is 0 Å². The lowest BCUT2D eigenvalue weighted by atomic mass is 9.96. The maximum absolute atomic E-state index is 12.2. The summed E-state index contributed by atoms with van der Waals surface area (Å²) in [5.74, 6) is 1.80. The maximum Gasteiger partial charge on any atom is 0.272 e. The number of rotatable bonds is 6. The largest absolute Gasteiger partial charge is 0.472 e. The first-order valence-corrected chi connectivity index (χ1v) is 8.09. The highest BCUT2D eigenvalue weighted by Gasteiger charge is 2.16. The van der Waals surface area contributed by atoms with E-state index in [0.29, 0.717) is 12.2 Å². The molecule has 0 saturated heterocycles. The number of fused-ring (bicyclic) bond motifs is 1. The van der Waals surface area contributed by atoms with Crippen molar-refractivity contribution in [2.75, 3.05) is 11.9 Å². The number of anilines is 1. The second kappa shape index (κ2) is 7.51. The molecule has 0 saturated carbocycles. The highest BCUT2D eigenvalue weighted by atomic mass is 19.3. The van der Waals surface area contributed by atoms with E-state index in [1.807, 2.05) is 13.0 Å². The number of aromatic nitrogens is 3. The van der Waals surface area contributed by atoms with Crippen LogP contribution in [0.4, 0.5) is 14.6 Å². The van der Waals surface area contributed by atoms with E-state index >= 15 is 0 Å². The van der Waals surface area contributed by atoms with Crippen molar-refractivity contribution in [1.29, 1.82) is 0 Å². The standard InChI is InChI=1S/C17H20F2N4O/c1-11-21-14-7-3-2-6-13(14)17(22-11)20-9-12-5-4-8-16(23-12)24-10-15(18)19/h4-5,8,15H,2-3,6-7,9-10H2,1H3,(H,20,21,22). The van der Waals surface area contributed by atoms with Crippen LogP contribution in [0.1, 0.15) is 35.6 Å². The molecule has 1 N–H and O–H groups in total. The fourth-order valence-electron chi connectivity index (χ4n) is 2.82. The summed E-state index contributed by atoms with van der Waals surface area (Å²) in [7, 11) is 0. The predicted molar refractivity (Wildman–Crippen MR) is 86.5 cm³/mol. The molecule has 24 heavy (non-hydrogen) atoms. The molecule has 0 aromatic carbocycles. The molecule has 0 spiro atoms. The number of hydrogen-bond acceptors (Lipinski definition) is 5. The van der Waals surface area contributed by atoms with Gasteiger partial charge < -0.3 is 10.1 Å². The molecule has 0 atom stereocenters. The van der Waals surface area contributed by atoms with E-state index in [9.17, 15) is 8.78 Å². The van der Waals surface area contributed by atoms with Crippen molar-refractivity contribution in [1.82, 2.24) is 15.0 Å². The number of ether oxygens (including phenoxy) is 1. The fourth-order valence-corrected chi connectivity index (χ4v) is 2.82. The zero-order chi connectivity index (χ0) is 16.9. The minimum Gasteiger partial charge on any atom is -0.472 e. The molecule has 0 unspecified atom stereocenters. The molecule has 0 radical (unpaired) electrons. The molecule has 7 heteroatoms. The Labute approximate surface area is 139 Å². The van der Waals surface area contributed by atoms with Crippen LogP contribution in [-0.4, -0.2) is 28.0 Å². The Morgan fingerprint density at radius 2 is 2.00 bits per heavy atom. The Balaban J connectivity index is 1.70. The SMILES string of the molecule is Cc1nc2c(c(NCc3cccc(OCC(F)F)n3)n1)CCCC2. The lowest BCUT2D eigenvalue weighted by Gasteiger charge is -2.19. The van der Waals surface area contributed by atoms with Gasteiger partial charge in [0.05, 0.1) is 12.2 Å². The number of pyridine rings is 1. The normalized spacial score (nSPS) is 13.7. The van der Waals surface area contributed by atoms with Gasteiger partial charge in [0, 0.05) is 17.3 Å². The van der Waals surface area contributed by atoms with Crippen molar-refractivity contribution in [3.8, 4) is 5.88 Å². The molecule has 128 valence electrons. The van der Waals surface area contributed by atoms with Gasteiger partial charge in [-0.25, -0.2) is 23.7 Å². The van der Waals surface area contributed by atoms with E-state index in [0.717, 1.165) is 43.0 Å². The third kappa shape index (κ3) is 4.15. The van der Waals surface area contributed by atoms with Gasteiger partial charge in [-0.1, -0.05) is 6.07 Å². The maximum atomic E-state index is 12.2. The molecule has 1 aliphatic rings. The fraction of sp³-hybridized carbons (Fsp3) is 0.471. The number of hydrogen-bond donors (Lipinski definition) is 1. The molecule has 2 heterocycles. The third-order valence-electron chi connectivity index (χ3n) is 3.87. The summed E-state index contributed by atoms with van der Waals surface area (Å²) in [4.78, 5) is 13.3. The molecule has 2 aromatic heterocycles. The average molecular weight is 334 g/mol. The smallest absolute Gasteiger partial charge is 0.272 e. The zero-order valence-electron chi connectivity index (χ0n) is 13.6. The molecule has 3 rings (SSSR count). The summed E-state index contributed by atoms with van der Waals surface area (Å²) < 4.78 is 29.4. The number of aryl methyl sites for hydroxylation is 2. The second-order valence-electron chi connectivity index (χ2n) is 5.77. The van der Waals surface area contributed by atoms with Gasteiger partial charge in [-0.2, -0.15) is 0 Å². The summed E-state index contributed by atoms with van der Waals surface area (Å²) in [6.07, 6.45) is 1.76. The van der Waals surface area contributed by atoms with E-state index in [2.05, 4.69) is 20.3 Å². The topological polar surface area (TPSA) is 59.9 Å². The van der Waals surface area contributed by atoms with E-state index in [1.54, 1.807) is 12.1 Å². The number of halogens is 2. The molecule has 0 fully saturated rings. The summed E-state index contributed by atoms with van der Waals surface area (Å²) in [5.41, 5.74) is 3.01. The van der Waals surface area contributed by atoms with Gasteiger partial charge in [-0.15, -0.1) is 0 Å². The first-order valence-electron chi connectivity index (χ1n) is 8.09. The predicted octanol–water partition coefficient (Wildman–Crippen LogP) is 3.31. The molecule has 2 aromatic rings. The first-order chi connectivity index (χ1) is 11.6. The van der Waals surface area contributed by atoms with E-state index in [1.165, 1.54) is 5.56 Å². The van der Waals surface area contributed by atoms with Crippen LogP contribution in [0.5, 0.6) is 5.88 Å². The van der Waals surface area contributed by atoms with Gasteiger partial charge in [-0.3, -0.25) is 0 Å². The number of alkyl halides is 2. The Bertz CT molecular complexity index is 709. The summed E-state index contributed by atoms with van der Waals surface area (Å²) >= 11 is 0. The zero-order valence-corrected chi connectivity index (χ0v) is 13.6. The Kier molecular flexibility index (Phi) is 5.17. The van der Waals surface area contributed by atoms with Gasteiger partial charge in [0.15, 0.2) is 6.61 Å². The summed E-state index contributed by atoms with van der Waals surface area (Å²) in [6, 6.07) is 5.14. The molecular formula is C17H20F2N4O. The summed E-state index contributed by atoms with van der Waals surface area (Å²) in [5, 5.41) is 3.30. The Hall–Kier alpha value is -2.31. The average Bonchev–Trinajstić information content (AvgIpc) is 2.58. The van der Waals surface area contributed by atoms with Crippen LogP contribution in [0.2, 0.25) is 0 Å². The van der Waals surface area contributed by atoms with Gasteiger partial charge in [-0.05, 0) is 38.7 Å². The van der Waals surface area contributed by atoms with E-state index in [4.69, 9.17) is 4.74 Å². The van der Waals surface area contributed by atoms with Crippen molar-refractivity contribution in [3.05, 3.63) is 41.0 Å². The summed E-state index contributed by atoms with van der Waals surface area (Å²) in [6.45, 7) is 1.69. The Morgan fingerprint density at radius 1 is 1.17 bits per heavy atom. The highest BCUT2D eigenvalue weighted by molar-refractivity contribution is 5.48. The van der Waals surface area contributed by atoms with Crippen molar-refractivity contribution in [2.24, 2.45) is 0 Å². The van der Waals surface area contributed by atoms with Crippen LogP contribution in [0.25, 0.3) is 0 Å². The molecule has 0 amide bonds. The number of nitrogens with zero attached hydrogens (tertiary/aromatic N) is 3. The first kappa shape index (κ1) is 16.5. The lowest BCUT2D eigenvalue weighted by Crippen LogP contribution is -2.14. The van der Waals surface area contributed by atoms with Crippen LogP contribution in [0.15, 0.2) is 18.2 Å². The number of nitrogens with one attached hydrogen (secondary N) is 1. The van der Waals surface area contributed by atoms with E-state index < -0.39 is 13.0 Å². The highest BCUT2D eigenvalue weighted by Crippen LogP contribution is 2.25. The van der Waals surface area contributed by atoms with Crippen LogP contribution in [-0.2, 0) is 19.4 Å². The monoisotopic (exact) mass is 334 g/mol. The van der Waals surface area contributed by atoms with Gasteiger partial charge in [0.1, 0.15) is 11.6 Å². The minimum absolute atomic E-state index is 0.204. The van der Waals surface area contributed by atoms with Crippen molar-refractivity contribution >= 4 is 5.82 Å². The van der Waals surface area contributed by atoms with Crippen molar-refractivity contribution in [2.45, 2.75) is 45.6 Å². The van der Waals surface area contributed by atoms with Crippen molar-refractivity contribution in [3.63, 3.8) is 0 Å². The molecule has 1 aliphatic carbocycles. The van der Waals surface area contributed by atoms with Crippen molar-refractivity contribution < 1.29 is 13.5 Å². The minimum atomic E-state index is -2.51. The van der Waals surface area contributed by atoms with Gasteiger partial charge >= 0.3 is 0 Å². The second-order valence-corrected chi connectivity index (χ2v) is 5.77. The molecular weight excluding hydrogens is 314 g/mol. The van der Waals surface area contributed by atoms with E-state index in [-0.39, 0.29) is 5.88 Å². The molecule has 0 bridgehead atoms. The van der Waals surface area contributed by atoms with Crippen LogP contribution in [0, 0.1) is 6.92 Å². The Morgan fingerprint density at radius 3 is 2.83 bits per heavy atom. The lowest BCUT2D eigenvalue weighted by molar-refractivity contribution is 0.0795. The quantitative estimate of drug-likeness (QED) is 0.878. The van der Waals surface area contributed by atoms with Gasteiger partial charge in [0.2, 0.25) is 5.88 Å². The van der Waals surface area contributed by atoms with Crippen LogP contribution >= 0.6 is 0 Å². The third-order valence-corrected chi connectivity index (χ3v) is 3.87. The van der Waals surface area contributed by atoms with Crippen LogP contribution < -0.4 is 10.1 Å². The molecule has 0 aliphatic heterocycles.